The summed E-state index contributed by atoms with van der Waals surface area (Å²) in [6.07, 6.45) is 2.05. The van der Waals surface area contributed by atoms with Crippen LogP contribution in [0.1, 0.15) is 33.6 Å². The number of carbonyl (C=O) groups is 2. The number of rotatable bonds is 4. The number of carboxylic acids is 1. The van der Waals surface area contributed by atoms with E-state index in [4.69, 9.17) is 5.11 Å². The second kappa shape index (κ2) is 9.77. The van der Waals surface area contributed by atoms with Crippen LogP contribution < -0.4 is 0 Å². The SMILES string of the molecule is C=C(C)C(=O)O.CCCCOC(C)=O. The Morgan fingerprint density at radius 2 is 1.79 bits per heavy atom. The molecule has 0 aromatic carbocycles. The third-order valence-electron chi connectivity index (χ3n) is 1.17. The van der Waals surface area contributed by atoms with Gasteiger partial charge in [0.05, 0.1) is 6.61 Å². The van der Waals surface area contributed by atoms with Gasteiger partial charge < -0.3 is 9.84 Å². The van der Waals surface area contributed by atoms with Crippen LogP contribution >= 0.6 is 0 Å². The average Bonchev–Trinajstić information content (AvgIpc) is 2.05. The fourth-order valence-electron chi connectivity index (χ4n) is 0.360. The van der Waals surface area contributed by atoms with Crippen molar-refractivity contribution in [2.24, 2.45) is 0 Å². The third-order valence-corrected chi connectivity index (χ3v) is 1.17. The monoisotopic (exact) mass is 202 g/mol. The summed E-state index contributed by atoms with van der Waals surface area (Å²) in [5.41, 5.74) is 0.176. The standard InChI is InChI=1S/C6H12O2.C4H6O2/c1-3-4-5-8-6(2)7;1-3(2)4(5)6/h3-5H2,1-2H3;1H2,2H3,(H,5,6). The van der Waals surface area contributed by atoms with E-state index in [1.165, 1.54) is 13.8 Å². The van der Waals surface area contributed by atoms with Crippen LogP contribution in [0.4, 0.5) is 0 Å². The Kier molecular flexibility index (Phi) is 10.6. The lowest BCUT2D eigenvalue weighted by Crippen LogP contribution is -1.99. The molecule has 4 heteroatoms. The Bertz CT molecular complexity index is 184. The van der Waals surface area contributed by atoms with Crippen molar-refractivity contribution in [3.63, 3.8) is 0 Å². The summed E-state index contributed by atoms with van der Waals surface area (Å²) in [6.45, 7) is 8.66. The Morgan fingerprint density at radius 1 is 1.36 bits per heavy atom. The molecule has 0 aromatic rings. The van der Waals surface area contributed by atoms with E-state index in [9.17, 15) is 9.59 Å². The second-order valence-electron chi connectivity index (χ2n) is 2.78. The highest BCUT2D eigenvalue weighted by Crippen LogP contribution is 1.86. The zero-order chi connectivity index (χ0) is 11.6. The Balaban J connectivity index is 0. The molecule has 82 valence electrons. The first kappa shape index (κ1) is 15.2. The van der Waals surface area contributed by atoms with Gasteiger partial charge in [-0.3, -0.25) is 4.79 Å². The predicted molar refractivity (Wildman–Crippen MR) is 54.0 cm³/mol. The number of ether oxygens (including phenoxy) is 1. The van der Waals surface area contributed by atoms with Crippen LogP contribution in [0.5, 0.6) is 0 Å². The van der Waals surface area contributed by atoms with E-state index in [1.54, 1.807) is 0 Å². The molecule has 0 unspecified atom stereocenters. The first-order valence-electron chi connectivity index (χ1n) is 4.44. The summed E-state index contributed by atoms with van der Waals surface area (Å²) in [5.74, 6) is -1.12. The molecule has 0 saturated carbocycles. The number of esters is 1. The van der Waals surface area contributed by atoms with Gasteiger partial charge in [-0.1, -0.05) is 19.9 Å². The zero-order valence-electron chi connectivity index (χ0n) is 9.00. The maximum absolute atomic E-state index is 10.1. The van der Waals surface area contributed by atoms with E-state index in [0.29, 0.717) is 6.61 Å². The minimum atomic E-state index is -0.935. The highest BCUT2D eigenvalue weighted by Gasteiger charge is 1.90. The quantitative estimate of drug-likeness (QED) is 0.430. The van der Waals surface area contributed by atoms with E-state index in [2.05, 4.69) is 18.2 Å². The highest BCUT2D eigenvalue weighted by molar-refractivity contribution is 5.84. The molecule has 0 bridgehead atoms. The first-order valence-corrected chi connectivity index (χ1v) is 4.44. The summed E-state index contributed by atoms with van der Waals surface area (Å²) in [7, 11) is 0. The minimum absolute atomic E-state index is 0.176. The molecule has 0 atom stereocenters. The number of hydrogen-bond acceptors (Lipinski definition) is 3. The van der Waals surface area contributed by atoms with Crippen molar-refractivity contribution in [2.75, 3.05) is 6.61 Å². The van der Waals surface area contributed by atoms with Crippen molar-refractivity contribution in [3.05, 3.63) is 12.2 Å². The van der Waals surface area contributed by atoms with Crippen LogP contribution in [0.25, 0.3) is 0 Å². The molecule has 1 N–H and O–H groups in total. The van der Waals surface area contributed by atoms with Gasteiger partial charge >= 0.3 is 11.9 Å². The lowest BCUT2D eigenvalue weighted by atomic mass is 10.4. The van der Waals surface area contributed by atoms with Gasteiger partial charge in [0.1, 0.15) is 0 Å². The fourth-order valence-corrected chi connectivity index (χ4v) is 0.360. The van der Waals surface area contributed by atoms with Gasteiger partial charge in [0, 0.05) is 12.5 Å². The van der Waals surface area contributed by atoms with Gasteiger partial charge in [0.25, 0.3) is 0 Å². The molecule has 14 heavy (non-hydrogen) atoms. The van der Waals surface area contributed by atoms with Gasteiger partial charge in [0.15, 0.2) is 0 Å². The molecule has 0 saturated heterocycles. The highest BCUT2D eigenvalue weighted by atomic mass is 16.5. The van der Waals surface area contributed by atoms with Crippen LogP contribution in [-0.2, 0) is 14.3 Å². The maximum Gasteiger partial charge on any atom is 0.330 e. The van der Waals surface area contributed by atoms with E-state index < -0.39 is 5.97 Å². The zero-order valence-corrected chi connectivity index (χ0v) is 9.00. The van der Waals surface area contributed by atoms with Crippen molar-refractivity contribution in [1.82, 2.24) is 0 Å². The predicted octanol–water partition coefficient (Wildman–Crippen LogP) is 2.00. The van der Waals surface area contributed by atoms with E-state index in [0.717, 1.165) is 12.8 Å². The number of hydrogen-bond donors (Lipinski definition) is 1. The lowest BCUT2D eigenvalue weighted by molar-refractivity contribution is -0.141. The summed E-state index contributed by atoms with van der Waals surface area (Å²) >= 11 is 0. The lowest BCUT2D eigenvalue weighted by Gasteiger charge is -1.96. The minimum Gasteiger partial charge on any atom is -0.478 e. The molecule has 0 heterocycles. The van der Waals surface area contributed by atoms with Crippen LogP contribution in [0, 0.1) is 0 Å². The summed E-state index contributed by atoms with van der Waals surface area (Å²) < 4.78 is 4.64. The molecule has 0 aliphatic heterocycles. The molecule has 0 amide bonds. The Hall–Kier alpha value is -1.32. The largest absolute Gasteiger partial charge is 0.478 e. The van der Waals surface area contributed by atoms with Gasteiger partial charge in [0.2, 0.25) is 0 Å². The van der Waals surface area contributed by atoms with Crippen LogP contribution in [0.15, 0.2) is 12.2 Å². The Labute approximate surface area is 84.6 Å². The first-order chi connectivity index (χ1) is 6.41. The average molecular weight is 202 g/mol. The van der Waals surface area contributed by atoms with Gasteiger partial charge in [-0.2, -0.15) is 0 Å². The Morgan fingerprint density at radius 3 is 2.00 bits per heavy atom. The molecular formula is C10H18O4. The van der Waals surface area contributed by atoms with Crippen molar-refractivity contribution < 1.29 is 19.4 Å². The van der Waals surface area contributed by atoms with Crippen LogP contribution in [0.3, 0.4) is 0 Å². The second-order valence-corrected chi connectivity index (χ2v) is 2.78. The fraction of sp³-hybridized carbons (Fsp3) is 0.600. The maximum atomic E-state index is 10.1. The molecule has 0 aliphatic rings. The van der Waals surface area contributed by atoms with Crippen molar-refractivity contribution in [1.29, 1.82) is 0 Å². The van der Waals surface area contributed by atoms with E-state index >= 15 is 0 Å². The van der Waals surface area contributed by atoms with Crippen LogP contribution in [-0.4, -0.2) is 23.7 Å². The third kappa shape index (κ3) is 17.0. The molecule has 0 spiro atoms. The molecule has 0 rings (SSSR count). The smallest absolute Gasteiger partial charge is 0.330 e. The molecular weight excluding hydrogens is 184 g/mol. The van der Waals surface area contributed by atoms with Crippen molar-refractivity contribution >= 4 is 11.9 Å². The number of unbranched alkanes of at least 4 members (excludes halogenated alkanes) is 1. The van der Waals surface area contributed by atoms with Crippen molar-refractivity contribution in [2.45, 2.75) is 33.6 Å². The summed E-state index contributed by atoms with van der Waals surface area (Å²) in [4.78, 5) is 19.7. The summed E-state index contributed by atoms with van der Waals surface area (Å²) in [5, 5.41) is 7.89. The van der Waals surface area contributed by atoms with E-state index in [-0.39, 0.29) is 11.5 Å². The van der Waals surface area contributed by atoms with E-state index in [1.807, 2.05) is 0 Å². The molecule has 0 aliphatic carbocycles. The van der Waals surface area contributed by atoms with Gasteiger partial charge in [-0.05, 0) is 13.3 Å². The normalized spacial score (nSPS) is 8.21. The van der Waals surface area contributed by atoms with Gasteiger partial charge in [-0.15, -0.1) is 0 Å². The molecule has 4 nitrogen and oxygen atoms in total. The van der Waals surface area contributed by atoms with Crippen LogP contribution in [0.2, 0.25) is 0 Å². The number of carboxylic acid groups (broad SMARTS) is 1. The summed E-state index contributed by atoms with van der Waals surface area (Å²) in [6, 6.07) is 0. The topological polar surface area (TPSA) is 63.6 Å². The molecule has 0 radical (unpaired) electrons. The van der Waals surface area contributed by atoms with Crippen molar-refractivity contribution in [3.8, 4) is 0 Å². The number of aliphatic carboxylic acids is 1. The number of carbonyl (C=O) groups excluding carboxylic acids is 1. The molecule has 0 fully saturated rings. The van der Waals surface area contributed by atoms with Gasteiger partial charge in [-0.25, -0.2) is 4.79 Å². The molecule has 0 aromatic heterocycles.